The van der Waals surface area contributed by atoms with E-state index in [4.69, 9.17) is 4.74 Å². The fraction of sp³-hybridized carbons (Fsp3) is 0.321. The molecule has 0 unspecified atom stereocenters. The number of hydrogen-bond acceptors (Lipinski definition) is 7. The van der Waals surface area contributed by atoms with Crippen LogP contribution in [0.4, 0.5) is 33.9 Å². The number of fused-ring (bicyclic) bond motifs is 1. The minimum Gasteiger partial charge on any atom is -0.530 e. The van der Waals surface area contributed by atoms with Crippen molar-refractivity contribution in [2.45, 2.75) is 52.3 Å². The second kappa shape index (κ2) is 11.5. The molecule has 1 amide bonds. The minimum atomic E-state index is -4.63. The Morgan fingerprint density at radius 2 is 1.83 bits per heavy atom. The van der Waals surface area contributed by atoms with Gasteiger partial charge in [0.2, 0.25) is 0 Å². The number of aryl methyl sites for hydroxylation is 1. The fourth-order valence-corrected chi connectivity index (χ4v) is 4.13. The Hall–Kier alpha value is -4.55. The molecule has 2 aromatic heterocycles. The normalized spacial score (nSPS) is 12.0. The number of anilines is 2. The summed E-state index contributed by atoms with van der Waals surface area (Å²) >= 11 is 0. The van der Waals surface area contributed by atoms with Gasteiger partial charge in [-0.1, -0.05) is 6.07 Å². The van der Waals surface area contributed by atoms with Gasteiger partial charge in [-0.05, 0) is 69.7 Å². The van der Waals surface area contributed by atoms with Crippen LogP contribution in [0.1, 0.15) is 26.3 Å². The van der Waals surface area contributed by atoms with Crippen LogP contribution in [-0.2, 0) is 6.54 Å². The molecular formula is C28H28F4N5O4-. The monoisotopic (exact) mass is 574 g/mol. The van der Waals surface area contributed by atoms with E-state index in [1.54, 1.807) is 58.2 Å². The number of carboxylic acid groups (broad SMARTS) is 1. The van der Waals surface area contributed by atoms with Crippen molar-refractivity contribution in [1.82, 2.24) is 19.4 Å². The quantitative estimate of drug-likeness (QED) is 0.233. The number of amides is 1. The molecule has 0 saturated carbocycles. The van der Waals surface area contributed by atoms with Crippen molar-refractivity contribution in [1.29, 1.82) is 0 Å². The second-order valence-electron chi connectivity index (χ2n) is 10.2. The van der Waals surface area contributed by atoms with E-state index in [0.29, 0.717) is 40.4 Å². The summed E-state index contributed by atoms with van der Waals surface area (Å²) in [7, 11) is 0. The molecule has 0 aliphatic rings. The van der Waals surface area contributed by atoms with E-state index in [2.05, 4.69) is 20.0 Å². The molecule has 41 heavy (non-hydrogen) atoms. The van der Waals surface area contributed by atoms with Crippen LogP contribution >= 0.6 is 0 Å². The fourth-order valence-electron chi connectivity index (χ4n) is 4.13. The van der Waals surface area contributed by atoms with Crippen LogP contribution in [0.2, 0.25) is 0 Å². The molecule has 0 aliphatic carbocycles. The smallest absolute Gasteiger partial charge is 0.461 e. The predicted molar refractivity (Wildman–Crippen MR) is 142 cm³/mol. The third-order valence-corrected chi connectivity index (χ3v) is 6.12. The van der Waals surface area contributed by atoms with E-state index in [1.165, 1.54) is 23.4 Å². The van der Waals surface area contributed by atoms with Crippen LogP contribution < -0.4 is 19.9 Å². The maximum Gasteiger partial charge on any atom is 0.461 e. The Morgan fingerprint density at radius 1 is 1.10 bits per heavy atom. The van der Waals surface area contributed by atoms with E-state index in [9.17, 15) is 27.5 Å². The molecule has 1 N–H and O–H groups in total. The zero-order chi connectivity index (χ0) is 29.9. The summed E-state index contributed by atoms with van der Waals surface area (Å²) in [6.07, 6.45) is -6.65. The average molecular weight is 575 g/mol. The summed E-state index contributed by atoms with van der Waals surface area (Å²) in [5.41, 5.74) is 2.04. The lowest BCUT2D eigenvalue weighted by Gasteiger charge is -2.38. The van der Waals surface area contributed by atoms with Gasteiger partial charge in [-0.2, -0.15) is 17.6 Å². The molecule has 4 rings (SSSR count). The third-order valence-electron chi connectivity index (χ3n) is 6.12. The van der Waals surface area contributed by atoms with Crippen LogP contribution in [0.5, 0.6) is 17.2 Å². The van der Waals surface area contributed by atoms with Gasteiger partial charge in [0.1, 0.15) is 35.2 Å². The van der Waals surface area contributed by atoms with E-state index in [1.807, 2.05) is 4.57 Å². The van der Waals surface area contributed by atoms with Gasteiger partial charge in [-0.25, -0.2) is 9.97 Å². The van der Waals surface area contributed by atoms with Gasteiger partial charge in [0.15, 0.2) is 5.82 Å². The van der Waals surface area contributed by atoms with Crippen molar-refractivity contribution >= 4 is 28.6 Å². The van der Waals surface area contributed by atoms with Gasteiger partial charge in [0.25, 0.3) is 0 Å². The number of aromatic nitrogens is 3. The molecule has 2 aromatic carbocycles. The zero-order valence-electron chi connectivity index (χ0n) is 22.7. The Kier molecular flexibility index (Phi) is 8.27. The maximum absolute atomic E-state index is 13.3. The first-order valence-electron chi connectivity index (χ1n) is 12.5. The highest BCUT2D eigenvalue weighted by Gasteiger charge is 2.44. The number of carbonyl (C=O) groups is 1. The second-order valence-corrected chi connectivity index (χ2v) is 10.2. The first kappa shape index (κ1) is 29.4. The van der Waals surface area contributed by atoms with E-state index in [0.717, 1.165) is 12.1 Å². The number of rotatable bonds is 10. The van der Waals surface area contributed by atoms with Gasteiger partial charge >= 0.3 is 12.5 Å². The number of hydrogen-bond donors (Lipinski definition) is 1. The van der Waals surface area contributed by atoms with E-state index >= 15 is 0 Å². The molecule has 218 valence electrons. The SMILES string of the molecule is Cc1cc(Nc2ncnc3ccn(CCN(C(=O)[O-])C(C)(C)C)c23)ccc1Oc1cccc(OC(F)(F)C(F)F)c1. The van der Waals surface area contributed by atoms with Crippen molar-refractivity contribution < 1.29 is 36.9 Å². The van der Waals surface area contributed by atoms with Crippen molar-refractivity contribution in [2.24, 2.45) is 0 Å². The van der Waals surface area contributed by atoms with Gasteiger partial charge in [0.05, 0.1) is 5.52 Å². The average Bonchev–Trinajstić information content (AvgIpc) is 3.29. The lowest BCUT2D eigenvalue weighted by atomic mass is 10.1. The molecular weight excluding hydrogens is 546 g/mol. The highest BCUT2D eigenvalue weighted by molar-refractivity contribution is 5.88. The number of nitrogens with zero attached hydrogens (tertiary/aromatic N) is 4. The van der Waals surface area contributed by atoms with Crippen LogP contribution in [-0.4, -0.2) is 50.1 Å². The van der Waals surface area contributed by atoms with Crippen LogP contribution in [0.25, 0.3) is 11.0 Å². The largest absolute Gasteiger partial charge is 0.530 e. The molecule has 0 fully saturated rings. The summed E-state index contributed by atoms with van der Waals surface area (Å²) in [6, 6.07) is 12.0. The Morgan fingerprint density at radius 3 is 2.49 bits per heavy atom. The van der Waals surface area contributed by atoms with Crippen molar-refractivity contribution in [3.8, 4) is 17.2 Å². The standard InChI is InChI=1S/C28H29F4N5O4/c1-17-14-18(8-9-22(17)40-19-6-5-7-20(15-19)41-28(31,32)25(29)30)35-24-23-21(33-16-34-24)10-11-36(23)12-13-37(26(38)39)27(2,3)4/h5-11,14-16,25H,12-13H2,1-4H3,(H,38,39)(H,33,34,35)/p-1. The lowest BCUT2D eigenvalue weighted by Crippen LogP contribution is -2.52. The molecule has 2 heterocycles. The summed E-state index contributed by atoms with van der Waals surface area (Å²) in [4.78, 5) is 21.6. The molecule has 9 nitrogen and oxygen atoms in total. The molecule has 4 aromatic rings. The first-order valence-corrected chi connectivity index (χ1v) is 12.5. The van der Waals surface area contributed by atoms with Crippen molar-refractivity contribution in [2.75, 3.05) is 11.9 Å². The minimum absolute atomic E-state index is 0.118. The number of alkyl halides is 4. The van der Waals surface area contributed by atoms with E-state index < -0.39 is 29.9 Å². The Labute approximate surface area is 233 Å². The van der Waals surface area contributed by atoms with Crippen LogP contribution in [0.3, 0.4) is 0 Å². The summed E-state index contributed by atoms with van der Waals surface area (Å²) in [6.45, 7) is 7.68. The molecule has 0 saturated heterocycles. The van der Waals surface area contributed by atoms with Gasteiger partial charge in [-0.3, -0.25) is 0 Å². The molecule has 0 aliphatic heterocycles. The summed E-state index contributed by atoms with van der Waals surface area (Å²) in [5.74, 6) is 0.542. The highest BCUT2D eigenvalue weighted by Crippen LogP contribution is 2.33. The predicted octanol–water partition coefficient (Wildman–Crippen LogP) is 5.96. The maximum atomic E-state index is 13.3. The molecule has 0 bridgehead atoms. The highest BCUT2D eigenvalue weighted by atomic mass is 19.3. The number of carbonyl (C=O) groups excluding carboxylic acids is 1. The number of benzene rings is 2. The number of nitrogens with one attached hydrogen (secondary N) is 1. The Balaban J connectivity index is 1.51. The van der Waals surface area contributed by atoms with Crippen molar-refractivity contribution in [3.63, 3.8) is 0 Å². The number of halogens is 4. The molecule has 0 spiro atoms. The number of ether oxygens (including phenoxy) is 2. The molecule has 0 radical (unpaired) electrons. The van der Waals surface area contributed by atoms with Gasteiger partial charge in [-0.15, -0.1) is 0 Å². The molecule has 13 heteroatoms. The Bertz CT molecular complexity index is 1540. The van der Waals surface area contributed by atoms with Crippen LogP contribution in [0, 0.1) is 6.92 Å². The van der Waals surface area contributed by atoms with Gasteiger partial charge in [0, 0.05) is 36.6 Å². The summed E-state index contributed by atoms with van der Waals surface area (Å²) < 4.78 is 63.3. The topological polar surface area (TPSA) is 105 Å². The summed E-state index contributed by atoms with van der Waals surface area (Å²) in [5, 5.41) is 14.9. The van der Waals surface area contributed by atoms with Crippen LogP contribution in [0.15, 0.2) is 61.1 Å². The third kappa shape index (κ3) is 6.97. The van der Waals surface area contributed by atoms with Gasteiger partial charge < -0.3 is 34.2 Å². The first-order chi connectivity index (χ1) is 19.2. The lowest BCUT2D eigenvalue weighted by molar-refractivity contribution is -0.270. The van der Waals surface area contributed by atoms with Crippen molar-refractivity contribution in [3.05, 3.63) is 66.6 Å². The molecule has 0 atom stereocenters. The zero-order valence-corrected chi connectivity index (χ0v) is 22.7. The van der Waals surface area contributed by atoms with E-state index in [-0.39, 0.29) is 12.3 Å².